The van der Waals surface area contributed by atoms with Gasteiger partial charge in [-0.2, -0.15) is 0 Å². The summed E-state index contributed by atoms with van der Waals surface area (Å²) >= 11 is 11.9. The van der Waals surface area contributed by atoms with Crippen LogP contribution in [0.4, 0.5) is 0 Å². The van der Waals surface area contributed by atoms with Gasteiger partial charge in [0.1, 0.15) is 6.04 Å². The molecular formula is C17H24Cl2N2O2. The van der Waals surface area contributed by atoms with Crippen LogP contribution in [0.1, 0.15) is 50.4 Å². The van der Waals surface area contributed by atoms with Crippen LogP contribution in [0.25, 0.3) is 0 Å². The van der Waals surface area contributed by atoms with E-state index in [1.54, 1.807) is 12.1 Å². The summed E-state index contributed by atoms with van der Waals surface area (Å²) in [4.78, 5) is 24.7. The van der Waals surface area contributed by atoms with Crippen molar-refractivity contribution in [1.82, 2.24) is 10.6 Å². The van der Waals surface area contributed by atoms with Crippen molar-refractivity contribution in [2.75, 3.05) is 6.54 Å². The van der Waals surface area contributed by atoms with E-state index >= 15 is 0 Å². The van der Waals surface area contributed by atoms with Crippen LogP contribution in [0.5, 0.6) is 0 Å². The molecule has 0 saturated carbocycles. The number of carbonyl (C=O) groups excluding carboxylic acids is 2. The highest BCUT2D eigenvalue weighted by atomic mass is 35.5. The number of halogens is 2. The summed E-state index contributed by atoms with van der Waals surface area (Å²) in [6.07, 6.45) is 2.48. The van der Waals surface area contributed by atoms with Gasteiger partial charge in [-0.25, -0.2) is 0 Å². The first-order chi connectivity index (χ1) is 10.8. The van der Waals surface area contributed by atoms with E-state index in [-0.39, 0.29) is 22.8 Å². The van der Waals surface area contributed by atoms with Crippen LogP contribution in [0.2, 0.25) is 10.0 Å². The van der Waals surface area contributed by atoms with Crippen molar-refractivity contribution in [3.63, 3.8) is 0 Å². The first-order valence-corrected chi connectivity index (χ1v) is 8.64. The predicted molar refractivity (Wildman–Crippen MR) is 95.1 cm³/mol. The predicted octanol–water partition coefficient (Wildman–Crippen LogP) is 4.05. The highest BCUT2D eigenvalue weighted by molar-refractivity contribution is 6.36. The number of unbranched alkanes of at least 4 members (excludes halogenated alkanes) is 1. The summed E-state index contributed by atoms with van der Waals surface area (Å²) in [6, 6.07) is 4.09. The molecular weight excluding hydrogens is 335 g/mol. The lowest BCUT2D eigenvalue weighted by molar-refractivity contribution is -0.123. The minimum atomic E-state index is -0.578. The fourth-order valence-electron chi connectivity index (χ4n) is 2.12. The SMILES string of the molecule is CCCCNC(=O)C(CC(C)C)NC(=O)c1ccc(Cl)cc1Cl. The van der Waals surface area contributed by atoms with E-state index in [9.17, 15) is 9.59 Å². The Labute approximate surface area is 147 Å². The molecule has 1 atom stereocenters. The van der Waals surface area contributed by atoms with Crippen LogP contribution >= 0.6 is 23.2 Å². The molecule has 0 heterocycles. The summed E-state index contributed by atoms with van der Waals surface area (Å²) in [5, 5.41) is 6.36. The first kappa shape index (κ1) is 19.8. The van der Waals surface area contributed by atoms with Gasteiger partial charge >= 0.3 is 0 Å². The van der Waals surface area contributed by atoms with E-state index in [4.69, 9.17) is 23.2 Å². The van der Waals surface area contributed by atoms with Gasteiger partial charge in [0.2, 0.25) is 5.91 Å². The normalized spacial score (nSPS) is 12.1. The van der Waals surface area contributed by atoms with Crippen LogP contribution in [0, 0.1) is 5.92 Å². The summed E-state index contributed by atoms with van der Waals surface area (Å²) in [7, 11) is 0. The fraction of sp³-hybridized carbons (Fsp3) is 0.529. The highest BCUT2D eigenvalue weighted by Gasteiger charge is 2.23. The van der Waals surface area contributed by atoms with E-state index in [1.165, 1.54) is 6.07 Å². The van der Waals surface area contributed by atoms with Gasteiger partial charge in [0, 0.05) is 11.6 Å². The molecule has 128 valence electrons. The molecule has 0 bridgehead atoms. The Morgan fingerprint density at radius 2 is 1.91 bits per heavy atom. The van der Waals surface area contributed by atoms with Gasteiger partial charge < -0.3 is 10.6 Å². The third kappa shape index (κ3) is 6.80. The molecule has 1 unspecified atom stereocenters. The van der Waals surface area contributed by atoms with E-state index in [1.807, 2.05) is 13.8 Å². The van der Waals surface area contributed by atoms with Crippen molar-refractivity contribution in [2.24, 2.45) is 5.92 Å². The molecule has 0 aromatic heterocycles. The summed E-state index contributed by atoms with van der Waals surface area (Å²) in [6.45, 7) is 6.69. The third-order valence-corrected chi connectivity index (χ3v) is 3.88. The zero-order chi connectivity index (χ0) is 17.4. The second-order valence-electron chi connectivity index (χ2n) is 5.92. The first-order valence-electron chi connectivity index (χ1n) is 7.88. The van der Waals surface area contributed by atoms with E-state index in [2.05, 4.69) is 17.6 Å². The molecule has 1 aromatic rings. The molecule has 0 aliphatic heterocycles. The van der Waals surface area contributed by atoms with Crippen molar-refractivity contribution >= 4 is 35.0 Å². The molecule has 6 heteroatoms. The molecule has 23 heavy (non-hydrogen) atoms. The Hall–Kier alpha value is -1.26. The van der Waals surface area contributed by atoms with Crippen molar-refractivity contribution in [1.29, 1.82) is 0 Å². The molecule has 0 aliphatic rings. The Bertz CT molecular complexity index is 547. The van der Waals surface area contributed by atoms with Crippen LogP contribution in [0.15, 0.2) is 18.2 Å². The zero-order valence-electron chi connectivity index (χ0n) is 13.8. The Kier molecular flexibility index (Phi) is 8.42. The average Bonchev–Trinajstić information content (AvgIpc) is 2.46. The second kappa shape index (κ2) is 9.78. The van der Waals surface area contributed by atoms with Gasteiger partial charge in [-0.1, -0.05) is 50.4 Å². The van der Waals surface area contributed by atoms with Gasteiger partial charge in [-0.05, 0) is 37.0 Å². The van der Waals surface area contributed by atoms with Crippen molar-refractivity contribution in [3.8, 4) is 0 Å². The molecule has 2 N–H and O–H groups in total. The Morgan fingerprint density at radius 3 is 2.48 bits per heavy atom. The molecule has 0 spiro atoms. The van der Waals surface area contributed by atoms with Crippen LogP contribution in [-0.2, 0) is 4.79 Å². The summed E-state index contributed by atoms with van der Waals surface area (Å²) in [5.41, 5.74) is 0.311. The maximum absolute atomic E-state index is 12.4. The molecule has 0 saturated heterocycles. The monoisotopic (exact) mass is 358 g/mol. The standard InChI is InChI=1S/C17H24Cl2N2O2/c1-4-5-8-20-17(23)15(9-11(2)3)21-16(22)13-7-6-12(18)10-14(13)19/h6-7,10-11,15H,4-5,8-9H2,1-3H3,(H,20,23)(H,21,22). The molecule has 1 aromatic carbocycles. The largest absolute Gasteiger partial charge is 0.354 e. The van der Waals surface area contributed by atoms with Gasteiger partial charge in [0.15, 0.2) is 0 Å². The van der Waals surface area contributed by atoms with Gasteiger partial charge in [-0.15, -0.1) is 0 Å². The molecule has 0 fully saturated rings. The lowest BCUT2D eigenvalue weighted by Gasteiger charge is -2.20. The van der Waals surface area contributed by atoms with Crippen LogP contribution in [0.3, 0.4) is 0 Å². The zero-order valence-corrected chi connectivity index (χ0v) is 15.3. The quantitative estimate of drug-likeness (QED) is 0.688. The number of carbonyl (C=O) groups is 2. The number of nitrogens with one attached hydrogen (secondary N) is 2. The fourth-order valence-corrected chi connectivity index (χ4v) is 2.62. The van der Waals surface area contributed by atoms with E-state index in [0.29, 0.717) is 23.6 Å². The third-order valence-electron chi connectivity index (χ3n) is 3.33. The topological polar surface area (TPSA) is 58.2 Å². The summed E-state index contributed by atoms with van der Waals surface area (Å²) in [5.74, 6) is -0.258. The lowest BCUT2D eigenvalue weighted by Crippen LogP contribution is -2.47. The van der Waals surface area contributed by atoms with Crippen LogP contribution < -0.4 is 10.6 Å². The molecule has 4 nitrogen and oxygen atoms in total. The van der Waals surface area contributed by atoms with Crippen LogP contribution in [-0.4, -0.2) is 24.4 Å². The molecule has 2 amide bonds. The van der Waals surface area contributed by atoms with Gasteiger partial charge in [0.05, 0.1) is 10.6 Å². The number of hydrogen-bond acceptors (Lipinski definition) is 2. The Morgan fingerprint density at radius 1 is 1.22 bits per heavy atom. The highest BCUT2D eigenvalue weighted by Crippen LogP contribution is 2.21. The maximum Gasteiger partial charge on any atom is 0.253 e. The number of benzene rings is 1. The smallest absolute Gasteiger partial charge is 0.253 e. The number of rotatable bonds is 8. The van der Waals surface area contributed by atoms with E-state index < -0.39 is 6.04 Å². The van der Waals surface area contributed by atoms with Crippen molar-refractivity contribution < 1.29 is 9.59 Å². The second-order valence-corrected chi connectivity index (χ2v) is 6.77. The van der Waals surface area contributed by atoms with Crippen molar-refractivity contribution in [3.05, 3.63) is 33.8 Å². The minimum absolute atomic E-state index is 0.161. The minimum Gasteiger partial charge on any atom is -0.354 e. The van der Waals surface area contributed by atoms with Gasteiger partial charge in [0.25, 0.3) is 5.91 Å². The average molecular weight is 359 g/mol. The lowest BCUT2D eigenvalue weighted by atomic mass is 10.0. The van der Waals surface area contributed by atoms with E-state index in [0.717, 1.165) is 12.8 Å². The number of amides is 2. The molecule has 0 radical (unpaired) electrons. The van der Waals surface area contributed by atoms with Crippen molar-refractivity contribution in [2.45, 2.75) is 46.1 Å². The molecule has 1 rings (SSSR count). The summed E-state index contributed by atoms with van der Waals surface area (Å²) < 4.78 is 0. The Balaban J connectivity index is 2.79. The molecule has 0 aliphatic carbocycles. The number of hydrogen-bond donors (Lipinski definition) is 2. The van der Waals surface area contributed by atoms with Gasteiger partial charge in [-0.3, -0.25) is 9.59 Å². The maximum atomic E-state index is 12.4.